The Morgan fingerprint density at radius 2 is 2.05 bits per heavy atom. The Balaban J connectivity index is 1.86. The van der Waals surface area contributed by atoms with E-state index in [0.717, 1.165) is 36.8 Å². The van der Waals surface area contributed by atoms with Crippen LogP contribution in [0.5, 0.6) is 0 Å². The van der Waals surface area contributed by atoms with Gasteiger partial charge in [-0.05, 0) is 37.7 Å². The Hall–Kier alpha value is -2.04. The summed E-state index contributed by atoms with van der Waals surface area (Å²) in [6.07, 6.45) is 9.16. The quantitative estimate of drug-likeness (QED) is 0.848. The van der Waals surface area contributed by atoms with E-state index < -0.39 is 0 Å². The summed E-state index contributed by atoms with van der Waals surface area (Å²) in [6.45, 7) is 0.800. The minimum absolute atomic E-state index is 0.0566. The lowest BCUT2D eigenvalue weighted by molar-refractivity contribution is 0.519. The van der Waals surface area contributed by atoms with E-state index >= 15 is 0 Å². The van der Waals surface area contributed by atoms with Crippen LogP contribution >= 0.6 is 0 Å². The monoisotopic (exact) mass is 282 g/mol. The first-order valence-corrected chi connectivity index (χ1v) is 7.71. The van der Waals surface area contributed by atoms with Crippen LogP contribution in [-0.2, 0) is 6.54 Å². The molecule has 4 rings (SSSR count). The molecule has 0 radical (unpaired) electrons. The third kappa shape index (κ3) is 2.37. The number of rotatable bonds is 2. The molecule has 108 valence electrons. The Morgan fingerprint density at radius 1 is 1.14 bits per heavy atom. The van der Waals surface area contributed by atoms with Gasteiger partial charge in [-0.2, -0.15) is 0 Å². The number of fused-ring (bicyclic) bond motifs is 1. The highest BCUT2D eigenvalue weighted by Gasteiger charge is 2.35. The van der Waals surface area contributed by atoms with Gasteiger partial charge < -0.3 is 0 Å². The molecule has 1 aliphatic heterocycles. The van der Waals surface area contributed by atoms with Crippen LogP contribution in [0.1, 0.15) is 43.8 Å². The lowest BCUT2D eigenvalue weighted by Gasteiger charge is -2.17. The van der Waals surface area contributed by atoms with E-state index in [1.54, 1.807) is 12.3 Å². The van der Waals surface area contributed by atoms with Crippen LogP contribution in [0.3, 0.4) is 0 Å². The van der Waals surface area contributed by atoms with Crippen molar-refractivity contribution in [2.45, 2.75) is 44.6 Å². The number of hydrogen-bond acceptors (Lipinski definition) is 4. The van der Waals surface area contributed by atoms with Crippen LogP contribution in [0.2, 0.25) is 0 Å². The first-order valence-electron chi connectivity index (χ1n) is 7.71. The lowest BCUT2D eigenvalue weighted by atomic mass is 9.97. The first-order chi connectivity index (χ1) is 10.3. The largest absolute Gasteiger partial charge is 0.296 e. The fourth-order valence-corrected chi connectivity index (χ4v) is 3.31. The van der Waals surface area contributed by atoms with E-state index in [1.807, 2.05) is 10.6 Å². The molecule has 0 saturated heterocycles. The van der Waals surface area contributed by atoms with Gasteiger partial charge in [0.25, 0.3) is 5.56 Å². The summed E-state index contributed by atoms with van der Waals surface area (Å²) in [5.41, 5.74) is 1.46. The summed E-state index contributed by atoms with van der Waals surface area (Å²) in [7, 11) is 0. The molecule has 2 aromatic heterocycles. The van der Waals surface area contributed by atoms with E-state index in [0.29, 0.717) is 11.6 Å². The van der Waals surface area contributed by atoms with Crippen molar-refractivity contribution in [3.05, 3.63) is 40.8 Å². The normalized spacial score (nSPS) is 21.6. The van der Waals surface area contributed by atoms with Gasteiger partial charge in [-0.15, -0.1) is 0 Å². The minimum Gasteiger partial charge on any atom is -0.296 e. The zero-order valence-corrected chi connectivity index (χ0v) is 11.9. The Labute approximate surface area is 123 Å². The van der Waals surface area contributed by atoms with Crippen molar-refractivity contribution in [3.63, 3.8) is 0 Å². The molecule has 0 spiro atoms. The zero-order chi connectivity index (χ0) is 14.2. The summed E-state index contributed by atoms with van der Waals surface area (Å²) in [5, 5.41) is 0. The highest BCUT2D eigenvalue weighted by atomic mass is 16.1. The second-order valence-corrected chi connectivity index (χ2v) is 6.02. The standard InChI is InChI=1S/C16H18N4O/c21-15-9-14(13-6-7-17-10-18-13)19-16-12(11-4-5-11)3-1-2-8-20(15)16/h6-7,9-12H,1-5,8H2. The molecule has 2 aliphatic rings. The van der Waals surface area contributed by atoms with Gasteiger partial charge in [0.2, 0.25) is 0 Å². The third-order valence-electron chi connectivity index (χ3n) is 4.55. The van der Waals surface area contributed by atoms with Crippen LogP contribution < -0.4 is 5.56 Å². The molecule has 5 nitrogen and oxygen atoms in total. The molecule has 1 atom stereocenters. The zero-order valence-electron chi connectivity index (χ0n) is 11.9. The van der Waals surface area contributed by atoms with Crippen LogP contribution in [0.25, 0.3) is 11.4 Å². The van der Waals surface area contributed by atoms with Crippen LogP contribution in [0, 0.1) is 5.92 Å². The van der Waals surface area contributed by atoms with Crippen molar-refractivity contribution in [2.75, 3.05) is 0 Å². The molecular formula is C16H18N4O. The number of aromatic nitrogens is 4. The van der Waals surface area contributed by atoms with E-state index in [-0.39, 0.29) is 5.56 Å². The number of nitrogens with zero attached hydrogens (tertiary/aromatic N) is 4. The molecule has 1 aliphatic carbocycles. The molecule has 2 aromatic rings. The van der Waals surface area contributed by atoms with Gasteiger partial charge in [0.15, 0.2) is 0 Å². The second-order valence-electron chi connectivity index (χ2n) is 6.02. The maximum Gasteiger partial charge on any atom is 0.254 e. The molecule has 1 saturated carbocycles. The average molecular weight is 282 g/mol. The molecule has 5 heteroatoms. The Kier molecular flexibility index (Phi) is 3.05. The predicted octanol–water partition coefficient (Wildman–Crippen LogP) is 2.38. The molecule has 1 fully saturated rings. The van der Waals surface area contributed by atoms with Crippen molar-refractivity contribution in [2.24, 2.45) is 5.92 Å². The summed E-state index contributed by atoms with van der Waals surface area (Å²) >= 11 is 0. The molecule has 0 amide bonds. The molecule has 3 heterocycles. The van der Waals surface area contributed by atoms with Crippen molar-refractivity contribution in [1.29, 1.82) is 0 Å². The molecule has 0 aromatic carbocycles. The van der Waals surface area contributed by atoms with E-state index in [4.69, 9.17) is 4.98 Å². The average Bonchev–Trinajstić information content (AvgIpc) is 3.34. The summed E-state index contributed by atoms with van der Waals surface area (Å²) in [5.74, 6) is 2.15. The van der Waals surface area contributed by atoms with Crippen molar-refractivity contribution in [1.82, 2.24) is 19.5 Å². The topological polar surface area (TPSA) is 60.7 Å². The maximum atomic E-state index is 12.5. The van der Waals surface area contributed by atoms with Crippen LogP contribution in [0.4, 0.5) is 0 Å². The van der Waals surface area contributed by atoms with Crippen LogP contribution in [0.15, 0.2) is 29.5 Å². The highest BCUT2D eigenvalue weighted by Crippen LogP contribution is 2.45. The fourth-order valence-electron chi connectivity index (χ4n) is 3.31. The SMILES string of the molecule is O=c1cc(-c2ccncn2)nc2n1CCCCC2C1CC1. The van der Waals surface area contributed by atoms with Crippen LogP contribution in [-0.4, -0.2) is 19.5 Å². The Bertz CT molecular complexity index is 706. The number of hydrogen-bond donors (Lipinski definition) is 0. The van der Waals surface area contributed by atoms with Crippen molar-refractivity contribution in [3.8, 4) is 11.4 Å². The molecule has 0 bridgehead atoms. The second kappa shape index (κ2) is 5.06. The van der Waals surface area contributed by atoms with Gasteiger partial charge >= 0.3 is 0 Å². The highest BCUT2D eigenvalue weighted by molar-refractivity contribution is 5.52. The van der Waals surface area contributed by atoms with Gasteiger partial charge in [-0.3, -0.25) is 9.36 Å². The van der Waals surface area contributed by atoms with Gasteiger partial charge in [-0.1, -0.05) is 6.42 Å². The lowest BCUT2D eigenvalue weighted by Crippen LogP contribution is -2.26. The fraction of sp³-hybridized carbons (Fsp3) is 0.500. The molecule has 21 heavy (non-hydrogen) atoms. The predicted molar refractivity (Wildman–Crippen MR) is 78.8 cm³/mol. The summed E-state index contributed by atoms with van der Waals surface area (Å²) in [6, 6.07) is 3.42. The van der Waals surface area contributed by atoms with Crippen molar-refractivity contribution < 1.29 is 0 Å². The smallest absolute Gasteiger partial charge is 0.254 e. The van der Waals surface area contributed by atoms with E-state index in [1.165, 1.54) is 25.6 Å². The molecule has 1 unspecified atom stereocenters. The molecule has 0 N–H and O–H groups in total. The van der Waals surface area contributed by atoms with E-state index in [2.05, 4.69) is 9.97 Å². The van der Waals surface area contributed by atoms with Crippen molar-refractivity contribution >= 4 is 0 Å². The van der Waals surface area contributed by atoms with Gasteiger partial charge in [-0.25, -0.2) is 15.0 Å². The van der Waals surface area contributed by atoms with Gasteiger partial charge in [0.1, 0.15) is 12.2 Å². The first kappa shape index (κ1) is 12.7. The van der Waals surface area contributed by atoms with Gasteiger partial charge in [0, 0.05) is 24.7 Å². The third-order valence-corrected chi connectivity index (χ3v) is 4.55. The van der Waals surface area contributed by atoms with Gasteiger partial charge in [0.05, 0.1) is 11.4 Å². The molecular weight excluding hydrogens is 264 g/mol. The maximum absolute atomic E-state index is 12.5. The summed E-state index contributed by atoms with van der Waals surface area (Å²) in [4.78, 5) is 25.5. The summed E-state index contributed by atoms with van der Waals surface area (Å²) < 4.78 is 1.89. The minimum atomic E-state index is 0.0566. The van der Waals surface area contributed by atoms with E-state index in [9.17, 15) is 4.79 Å². The Morgan fingerprint density at radius 3 is 2.81 bits per heavy atom.